The van der Waals surface area contributed by atoms with Crippen molar-refractivity contribution in [1.29, 1.82) is 0 Å². The molecule has 0 spiro atoms. The first kappa shape index (κ1) is 17.2. The number of rotatable bonds is 6. The molecular formula is C17H15Cl2NO3. The summed E-state index contributed by atoms with van der Waals surface area (Å²) in [6.45, 7) is 0. The Kier molecular flexibility index (Phi) is 5.90. The zero-order valence-corrected chi connectivity index (χ0v) is 14.1. The minimum Gasteiger partial charge on any atom is -0.493 e. The van der Waals surface area contributed by atoms with E-state index < -0.39 is 0 Å². The minimum absolute atomic E-state index is 0.168. The zero-order chi connectivity index (χ0) is 16.8. The molecule has 0 bridgehead atoms. The summed E-state index contributed by atoms with van der Waals surface area (Å²) in [4.78, 5) is 12.2. The zero-order valence-electron chi connectivity index (χ0n) is 12.6. The van der Waals surface area contributed by atoms with Gasteiger partial charge in [0.1, 0.15) is 0 Å². The fourth-order valence-corrected chi connectivity index (χ4v) is 2.18. The monoisotopic (exact) mass is 351 g/mol. The smallest absolute Gasteiger partial charge is 0.187 e. The number of anilines is 1. The van der Waals surface area contributed by atoms with Crippen LogP contribution in [-0.2, 0) is 0 Å². The topological polar surface area (TPSA) is 47.6 Å². The molecule has 0 aliphatic carbocycles. The Morgan fingerprint density at radius 3 is 2.39 bits per heavy atom. The van der Waals surface area contributed by atoms with Gasteiger partial charge in [-0.1, -0.05) is 23.2 Å². The van der Waals surface area contributed by atoms with E-state index in [1.54, 1.807) is 49.7 Å². The van der Waals surface area contributed by atoms with Crippen molar-refractivity contribution in [3.8, 4) is 11.5 Å². The molecule has 2 aromatic rings. The quantitative estimate of drug-likeness (QED) is 0.598. The molecule has 1 N–H and O–H groups in total. The second-order valence-electron chi connectivity index (χ2n) is 4.54. The van der Waals surface area contributed by atoms with Crippen LogP contribution in [0.1, 0.15) is 10.4 Å². The highest BCUT2D eigenvalue weighted by Gasteiger charge is 2.08. The molecule has 23 heavy (non-hydrogen) atoms. The number of ketones is 1. The minimum atomic E-state index is -0.168. The third kappa shape index (κ3) is 4.41. The summed E-state index contributed by atoms with van der Waals surface area (Å²) in [7, 11) is 3.06. The Morgan fingerprint density at radius 1 is 1.00 bits per heavy atom. The van der Waals surface area contributed by atoms with Crippen molar-refractivity contribution >= 4 is 34.7 Å². The van der Waals surface area contributed by atoms with Gasteiger partial charge in [-0.2, -0.15) is 0 Å². The molecule has 0 saturated heterocycles. The van der Waals surface area contributed by atoms with Gasteiger partial charge in [0.05, 0.1) is 24.3 Å². The number of benzene rings is 2. The number of methoxy groups -OCH3 is 2. The molecule has 0 heterocycles. The summed E-state index contributed by atoms with van der Waals surface area (Å²) in [5.41, 5.74) is 1.23. The first-order chi connectivity index (χ1) is 11.0. The van der Waals surface area contributed by atoms with Crippen molar-refractivity contribution in [2.75, 3.05) is 19.5 Å². The number of allylic oxidation sites excluding steroid dienone is 1. The fraction of sp³-hybridized carbons (Fsp3) is 0.118. The third-order valence-electron chi connectivity index (χ3n) is 3.07. The van der Waals surface area contributed by atoms with Crippen molar-refractivity contribution < 1.29 is 14.3 Å². The Labute approximate surface area is 144 Å². The van der Waals surface area contributed by atoms with Crippen LogP contribution in [0.3, 0.4) is 0 Å². The average molecular weight is 352 g/mol. The van der Waals surface area contributed by atoms with Crippen LogP contribution in [-0.4, -0.2) is 20.0 Å². The van der Waals surface area contributed by atoms with E-state index in [2.05, 4.69) is 5.32 Å². The lowest BCUT2D eigenvalue weighted by atomic mass is 10.1. The largest absolute Gasteiger partial charge is 0.493 e. The van der Waals surface area contributed by atoms with Crippen LogP contribution in [0.4, 0.5) is 5.69 Å². The summed E-state index contributed by atoms with van der Waals surface area (Å²) in [6, 6.07) is 10.1. The summed E-state index contributed by atoms with van der Waals surface area (Å²) in [5.74, 6) is 0.907. The van der Waals surface area contributed by atoms with Crippen molar-refractivity contribution in [2.24, 2.45) is 0 Å². The second kappa shape index (κ2) is 7.90. The van der Waals surface area contributed by atoms with Gasteiger partial charge in [-0.15, -0.1) is 0 Å². The highest BCUT2D eigenvalue weighted by Crippen LogP contribution is 2.28. The van der Waals surface area contributed by atoms with Crippen LogP contribution in [0.25, 0.3) is 0 Å². The molecule has 4 nitrogen and oxygen atoms in total. The molecule has 0 aromatic heterocycles. The maximum atomic E-state index is 12.2. The standard InChI is InChI=1S/C17H15Cl2NO3/c1-22-16-6-3-11(9-17(16)23-2)15(21)7-8-20-12-4-5-13(18)14(19)10-12/h3-10,20H,1-2H3. The number of carbonyl (C=O) groups is 1. The normalized spacial score (nSPS) is 10.6. The van der Waals surface area contributed by atoms with Crippen molar-refractivity contribution in [3.05, 3.63) is 64.3 Å². The van der Waals surface area contributed by atoms with E-state index in [9.17, 15) is 4.79 Å². The summed E-state index contributed by atoms with van der Waals surface area (Å²) in [6.07, 6.45) is 2.96. The van der Waals surface area contributed by atoms with Crippen molar-refractivity contribution in [3.63, 3.8) is 0 Å². The molecule has 0 saturated carbocycles. The number of hydrogen-bond donors (Lipinski definition) is 1. The van der Waals surface area contributed by atoms with Gasteiger partial charge in [-0.05, 0) is 36.4 Å². The van der Waals surface area contributed by atoms with E-state index >= 15 is 0 Å². The van der Waals surface area contributed by atoms with Crippen LogP contribution in [0, 0.1) is 0 Å². The van der Waals surface area contributed by atoms with Gasteiger partial charge in [-0.3, -0.25) is 4.79 Å². The van der Waals surface area contributed by atoms with E-state index in [1.807, 2.05) is 0 Å². The van der Waals surface area contributed by atoms with Gasteiger partial charge in [0.25, 0.3) is 0 Å². The Balaban J connectivity index is 2.07. The maximum Gasteiger partial charge on any atom is 0.187 e. The Morgan fingerprint density at radius 2 is 1.74 bits per heavy atom. The lowest BCUT2D eigenvalue weighted by Gasteiger charge is -2.08. The number of halogens is 2. The Hall–Kier alpha value is -2.17. The van der Waals surface area contributed by atoms with Crippen LogP contribution in [0.2, 0.25) is 10.0 Å². The fourth-order valence-electron chi connectivity index (χ4n) is 1.89. The molecule has 0 fully saturated rings. The van der Waals surface area contributed by atoms with Gasteiger partial charge < -0.3 is 14.8 Å². The molecule has 2 rings (SSSR count). The molecular weight excluding hydrogens is 337 g/mol. The predicted molar refractivity (Wildman–Crippen MR) is 93.1 cm³/mol. The molecule has 0 aliphatic heterocycles. The maximum absolute atomic E-state index is 12.2. The summed E-state index contributed by atoms with van der Waals surface area (Å²) >= 11 is 11.8. The summed E-state index contributed by atoms with van der Waals surface area (Å²) in [5, 5.41) is 3.88. The lowest BCUT2D eigenvalue weighted by molar-refractivity contribution is 0.104. The number of nitrogens with one attached hydrogen (secondary N) is 1. The van der Waals surface area contributed by atoms with Crippen LogP contribution >= 0.6 is 23.2 Å². The highest BCUT2D eigenvalue weighted by atomic mass is 35.5. The molecule has 0 unspecified atom stereocenters. The molecule has 0 amide bonds. The molecule has 120 valence electrons. The van der Waals surface area contributed by atoms with Crippen molar-refractivity contribution in [2.45, 2.75) is 0 Å². The van der Waals surface area contributed by atoms with E-state index in [-0.39, 0.29) is 5.78 Å². The first-order valence-corrected chi connectivity index (χ1v) is 7.45. The van der Waals surface area contributed by atoms with Crippen LogP contribution in [0.15, 0.2) is 48.7 Å². The third-order valence-corrected chi connectivity index (χ3v) is 3.81. The van der Waals surface area contributed by atoms with Gasteiger partial charge in [0.2, 0.25) is 0 Å². The van der Waals surface area contributed by atoms with E-state index in [4.69, 9.17) is 32.7 Å². The highest BCUT2D eigenvalue weighted by molar-refractivity contribution is 6.42. The van der Waals surface area contributed by atoms with Crippen LogP contribution in [0.5, 0.6) is 11.5 Å². The number of carbonyl (C=O) groups excluding carboxylic acids is 1. The first-order valence-electron chi connectivity index (χ1n) is 6.69. The van der Waals surface area contributed by atoms with E-state index in [0.29, 0.717) is 27.1 Å². The van der Waals surface area contributed by atoms with Crippen LogP contribution < -0.4 is 14.8 Å². The summed E-state index contributed by atoms with van der Waals surface area (Å²) < 4.78 is 10.3. The number of hydrogen-bond acceptors (Lipinski definition) is 4. The SMILES string of the molecule is COc1ccc(C(=O)C=CNc2ccc(Cl)c(Cl)c2)cc1OC. The molecule has 0 radical (unpaired) electrons. The average Bonchev–Trinajstić information content (AvgIpc) is 2.57. The molecule has 6 heteroatoms. The molecule has 0 aliphatic rings. The lowest BCUT2D eigenvalue weighted by Crippen LogP contribution is -1.98. The van der Waals surface area contributed by atoms with E-state index in [1.165, 1.54) is 13.2 Å². The molecule has 2 aromatic carbocycles. The van der Waals surface area contributed by atoms with Gasteiger partial charge in [0, 0.05) is 23.5 Å². The van der Waals surface area contributed by atoms with Gasteiger partial charge in [-0.25, -0.2) is 0 Å². The van der Waals surface area contributed by atoms with Crippen molar-refractivity contribution in [1.82, 2.24) is 0 Å². The van der Waals surface area contributed by atoms with Gasteiger partial charge in [0.15, 0.2) is 17.3 Å². The molecule has 0 atom stereocenters. The number of ether oxygens (including phenoxy) is 2. The predicted octanol–water partition coefficient (Wildman–Crippen LogP) is 4.82. The second-order valence-corrected chi connectivity index (χ2v) is 5.35. The van der Waals surface area contributed by atoms with E-state index in [0.717, 1.165) is 5.69 Å². The Bertz CT molecular complexity index is 745. The van der Waals surface area contributed by atoms with Gasteiger partial charge >= 0.3 is 0 Å².